The van der Waals surface area contributed by atoms with Crippen LogP contribution in [0.4, 0.5) is 0 Å². The lowest BCUT2D eigenvalue weighted by atomic mass is 10.0. The van der Waals surface area contributed by atoms with E-state index in [1.54, 1.807) is 0 Å². The summed E-state index contributed by atoms with van der Waals surface area (Å²) < 4.78 is 34.2. The Kier molecular flexibility index (Phi) is 35.4. The van der Waals surface area contributed by atoms with Crippen LogP contribution in [0.5, 0.6) is 0 Å². The number of aliphatic hydroxyl groups excluding tert-OH is 1. The molecule has 0 aromatic carbocycles. The minimum atomic E-state index is -4.40. The standard InChI is InChI=1S/C45H80NO9P/c1-6-8-10-11-12-13-14-15-16-21-24-27-30-33-37-45(49)55-43(41-54-56(50,51)53-39-38-46(3,4)5)40-52-44(48)36-32-29-26-23-20-18-17-19-22-25-28-31-35-42(47)34-9-7-2/h9,17-18,22-23,25-26,28,31,34,42-43,47H,6-8,10-16,19-21,24,27,29-30,32-33,35-41H2,1-5H3/p+1/b18-17-,25-22-,26-23-,31-28+,34-9-/t42?,43-/m1/s1. The van der Waals surface area contributed by atoms with Gasteiger partial charge in [0, 0.05) is 12.8 Å². The van der Waals surface area contributed by atoms with E-state index in [1.165, 1.54) is 64.2 Å². The van der Waals surface area contributed by atoms with Gasteiger partial charge in [0.2, 0.25) is 0 Å². The average molecular weight is 811 g/mol. The molecule has 0 spiro atoms. The molecule has 56 heavy (non-hydrogen) atoms. The number of unbranched alkanes of at least 4 members (excludes halogenated alkanes) is 14. The lowest BCUT2D eigenvalue weighted by Crippen LogP contribution is -2.37. The highest BCUT2D eigenvalue weighted by molar-refractivity contribution is 7.47. The van der Waals surface area contributed by atoms with Crippen LogP contribution < -0.4 is 0 Å². The Hall–Kier alpha value is -2.33. The first-order valence-corrected chi connectivity index (χ1v) is 23.1. The molecule has 11 heteroatoms. The molecule has 0 heterocycles. The van der Waals surface area contributed by atoms with E-state index in [0.29, 0.717) is 36.7 Å². The number of phosphoric acid groups is 1. The van der Waals surface area contributed by atoms with Crippen LogP contribution in [0.15, 0.2) is 60.8 Å². The van der Waals surface area contributed by atoms with Crippen molar-refractivity contribution in [1.82, 2.24) is 0 Å². The van der Waals surface area contributed by atoms with E-state index in [0.717, 1.165) is 38.5 Å². The van der Waals surface area contributed by atoms with Gasteiger partial charge >= 0.3 is 19.8 Å². The zero-order valence-electron chi connectivity index (χ0n) is 36.0. The van der Waals surface area contributed by atoms with Crippen molar-refractivity contribution in [2.45, 2.75) is 167 Å². The van der Waals surface area contributed by atoms with Gasteiger partial charge in [-0.1, -0.05) is 158 Å². The zero-order chi connectivity index (χ0) is 41.6. The van der Waals surface area contributed by atoms with Crippen molar-refractivity contribution in [3.8, 4) is 0 Å². The predicted molar refractivity (Wildman–Crippen MR) is 230 cm³/mol. The number of phosphoric ester groups is 1. The highest BCUT2D eigenvalue weighted by Gasteiger charge is 2.27. The molecular weight excluding hydrogens is 729 g/mol. The van der Waals surface area contributed by atoms with Crippen molar-refractivity contribution in [3.63, 3.8) is 0 Å². The monoisotopic (exact) mass is 811 g/mol. The van der Waals surface area contributed by atoms with Crippen molar-refractivity contribution >= 4 is 19.8 Å². The van der Waals surface area contributed by atoms with E-state index in [-0.39, 0.29) is 26.1 Å². The molecule has 0 aliphatic carbocycles. The normalized spacial score (nSPS) is 14.8. The molecule has 0 rings (SSSR count). The predicted octanol–water partition coefficient (Wildman–Crippen LogP) is 11.0. The Morgan fingerprint density at radius 2 is 1.21 bits per heavy atom. The van der Waals surface area contributed by atoms with Crippen molar-refractivity contribution in [1.29, 1.82) is 0 Å². The van der Waals surface area contributed by atoms with Gasteiger partial charge in [0.25, 0.3) is 0 Å². The number of allylic oxidation sites excluding steroid dienone is 8. The topological polar surface area (TPSA) is 129 Å². The van der Waals surface area contributed by atoms with Gasteiger partial charge in [0.05, 0.1) is 33.9 Å². The van der Waals surface area contributed by atoms with E-state index in [1.807, 2.05) is 64.5 Å². The molecule has 324 valence electrons. The largest absolute Gasteiger partial charge is 0.472 e. The number of carbonyl (C=O) groups is 2. The van der Waals surface area contributed by atoms with Crippen LogP contribution in [0.1, 0.15) is 155 Å². The number of likely N-dealkylation sites (N-methyl/N-ethyl adjacent to an activating group) is 1. The molecule has 3 atom stereocenters. The minimum Gasteiger partial charge on any atom is -0.462 e. The number of nitrogens with zero attached hydrogens (tertiary/aromatic N) is 1. The third-order valence-corrected chi connectivity index (χ3v) is 9.87. The summed E-state index contributed by atoms with van der Waals surface area (Å²) in [6, 6.07) is 0. The minimum absolute atomic E-state index is 0.0145. The molecule has 0 saturated carbocycles. The molecule has 0 aromatic rings. The number of aliphatic hydroxyl groups is 1. The second-order valence-corrected chi connectivity index (χ2v) is 17.0. The van der Waals surface area contributed by atoms with Crippen molar-refractivity contribution in [2.75, 3.05) is 47.5 Å². The zero-order valence-corrected chi connectivity index (χ0v) is 36.9. The van der Waals surface area contributed by atoms with Crippen LogP contribution in [-0.2, 0) is 32.7 Å². The molecule has 0 aromatic heterocycles. The smallest absolute Gasteiger partial charge is 0.462 e. The molecule has 0 fully saturated rings. The molecular formula is C45H81NO9P+. The summed E-state index contributed by atoms with van der Waals surface area (Å²) in [7, 11) is 1.42. The van der Waals surface area contributed by atoms with Crippen molar-refractivity contribution in [3.05, 3.63) is 60.8 Å². The van der Waals surface area contributed by atoms with E-state index < -0.39 is 38.6 Å². The SMILES string of the molecule is CC/C=C\C(O)C/C=C/C=C\C/C=C\C/C=C\CCCC(=O)OC[C@H](COP(=O)(O)OCC[N+](C)(C)C)OC(=O)CCCCCCCCCCCCCCCC. The number of hydrogen-bond donors (Lipinski definition) is 2. The van der Waals surface area contributed by atoms with Gasteiger partial charge in [0.15, 0.2) is 6.10 Å². The van der Waals surface area contributed by atoms with E-state index in [4.69, 9.17) is 18.5 Å². The van der Waals surface area contributed by atoms with Gasteiger partial charge in [-0.05, 0) is 44.9 Å². The lowest BCUT2D eigenvalue weighted by Gasteiger charge is -2.24. The molecule has 0 radical (unpaired) electrons. The van der Waals surface area contributed by atoms with Gasteiger partial charge in [-0.3, -0.25) is 18.6 Å². The number of hydrogen-bond acceptors (Lipinski definition) is 8. The average Bonchev–Trinajstić information content (AvgIpc) is 3.14. The Labute approximate surface area is 341 Å². The van der Waals surface area contributed by atoms with Gasteiger partial charge in [0.1, 0.15) is 19.8 Å². The van der Waals surface area contributed by atoms with Crippen molar-refractivity contribution in [2.24, 2.45) is 0 Å². The second-order valence-electron chi connectivity index (χ2n) is 15.6. The van der Waals surface area contributed by atoms with Gasteiger partial charge in [-0.2, -0.15) is 0 Å². The lowest BCUT2D eigenvalue weighted by molar-refractivity contribution is -0.870. The third kappa shape index (κ3) is 39.9. The van der Waals surface area contributed by atoms with Crippen LogP contribution >= 0.6 is 7.82 Å². The molecule has 2 N–H and O–H groups in total. The molecule has 0 aliphatic rings. The van der Waals surface area contributed by atoms with E-state index >= 15 is 0 Å². The molecule has 2 unspecified atom stereocenters. The summed E-state index contributed by atoms with van der Waals surface area (Å²) in [6.45, 7) is 4.10. The summed E-state index contributed by atoms with van der Waals surface area (Å²) in [5, 5.41) is 9.77. The maximum Gasteiger partial charge on any atom is 0.472 e. The first kappa shape index (κ1) is 53.7. The molecule has 0 saturated heterocycles. The fraction of sp³-hybridized carbons (Fsp3) is 0.733. The number of esters is 2. The van der Waals surface area contributed by atoms with Crippen LogP contribution in [-0.4, -0.2) is 86.1 Å². The number of rotatable bonds is 38. The van der Waals surface area contributed by atoms with Crippen LogP contribution in [0.25, 0.3) is 0 Å². The van der Waals surface area contributed by atoms with Crippen LogP contribution in [0, 0.1) is 0 Å². The first-order valence-electron chi connectivity index (χ1n) is 21.6. The fourth-order valence-electron chi connectivity index (χ4n) is 5.48. The Bertz CT molecular complexity index is 1160. The number of ether oxygens (including phenoxy) is 2. The molecule has 0 bridgehead atoms. The quantitative estimate of drug-likeness (QED) is 0.0156. The maximum atomic E-state index is 12.7. The third-order valence-electron chi connectivity index (χ3n) is 8.89. The highest BCUT2D eigenvalue weighted by Crippen LogP contribution is 2.43. The summed E-state index contributed by atoms with van der Waals surface area (Å²) in [6.07, 6.45) is 40.4. The van der Waals surface area contributed by atoms with Crippen LogP contribution in [0.2, 0.25) is 0 Å². The van der Waals surface area contributed by atoms with Crippen molar-refractivity contribution < 1.29 is 47.2 Å². The first-order chi connectivity index (χ1) is 26.9. The Balaban J connectivity index is 4.50. The summed E-state index contributed by atoms with van der Waals surface area (Å²) >= 11 is 0. The number of carbonyl (C=O) groups excluding carboxylic acids is 2. The van der Waals surface area contributed by atoms with E-state index in [2.05, 4.69) is 31.2 Å². The second kappa shape index (κ2) is 37.0. The number of quaternary nitrogens is 1. The molecule has 0 amide bonds. The highest BCUT2D eigenvalue weighted by atomic mass is 31.2. The van der Waals surface area contributed by atoms with Gasteiger partial charge in [-0.25, -0.2) is 4.57 Å². The van der Waals surface area contributed by atoms with Crippen LogP contribution in [0.3, 0.4) is 0 Å². The summed E-state index contributed by atoms with van der Waals surface area (Å²) in [4.78, 5) is 35.3. The summed E-state index contributed by atoms with van der Waals surface area (Å²) in [5.74, 6) is -0.892. The molecule has 0 aliphatic heterocycles. The maximum absolute atomic E-state index is 12.7. The molecule has 10 nitrogen and oxygen atoms in total. The Morgan fingerprint density at radius 1 is 0.661 bits per heavy atom. The van der Waals surface area contributed by atoms with Gasteiger partial charge in [-0.15, -0.1) is 0 Å². The summed E-state index contributed by atoms with van der Waals surface area (Å²) in [5.41, 5.74) is 0. The Morgan fingerprint density at radius 3 is 1.82 bits per heavy atom. The van der Waals surface area contributed by atoms with Gasteiger partial charge < -0.3 is 24.0 Å². The van der Waals surface area contributed by atoms with E-state index in [9.17, 15) is 24.2 Å². The fourth-order valence-corrected chi connectivity index (χ4v) is 6.22.